The minimum absolute atomic E-state index is 0.140. The average molecular weight is 294 g/mol. The lowest BCUT2D eigenvalue weighted by molar-refractivity contribution is 0.628. The largest absolute Gasteiger partial charge is 0.307 e. The van der Waals surface area contributed by atoms with Crippen LogP contribution in [0.1, 0.15) is 29.7 Å². The highest BCUT2D eigenvalue weighted by molar-refractivity contribution is 6.31. The smallest absolute Gasteiger partial charge is 0.0579 e. The molecule has 0 bridgehead atoms. The summed E-state index contributed by atoms with van der Waals surface area (Å²) in [5.74, 6) is 0. The van der Waals surface area contributed by atoms with Gasteiger partial charge in [-0.2, -0.15) is 0 Å². The molecule has 0 amide bonds. The number of benzene rings is 2. The van der Waals surface area contributed by atoms with E-state index in [0.717, 1.165) is 22.2 Å². The average Bonchev–Trinajstić information content (AvgIpc) is 2.41. The fourth-order valence-electron chi connectivity index (χ4n) is 2.20. The van der Waals surface area contributed by atoms with Crippen molar-refractivity contribution < 1.29 is 0 Å². The summed E-state index contributed by atoms with van der Waals surface area (Å²) in [5, 5.41) is 5.05. The molecule has 0 aliphatic rings. The molecule has 0 radical (unpaired) electrons. The molecule has 0 aliphatic carbocycles. The highest BCUT2D eigenvalue weighted by Gasteiger charge is 2.16. The van der Waals surface area contributed by atoms with Crippen LogP contribution in [0.15, 0.2) is 42.5 Å². The lowest BCUT2D eigenvalue weighted by Crippen LogP contribution is -2.22. The van der Waals surface area contributed by atoms with Crippen molar-refractivity contribution in [2.75, 3.05) is 6.54 Å². The molecule has 2 rings (SSSR count). The van der Waals surface area contributed by atoms with E-state index < -0.39 is 0 Å². The second-order valence-electron chi connectivity index (χ2n) is 4.50. The number of hydrogen-bond acceptors (Lipinski definition) is 1. The molecule has 0 fully saturated rings. The molecule has 0 aromatic heterocycles. The Hall–Kier alpha value is -1.02. The molecule has 1 atom stereocenters. The second kappa shape index (κ2) is 6.42. The monoisotopic (exact) mass is 293 g/mol. The summed E-state index contributed by atoms with van der Waals surface area (Å²) in [6, 6.07) is 14.1. The molecule has 1 nitrogen and oxygen atoms in total. The Morgan fingerprint density at radius 1 is 1.05 bits per heavy atom. The van der Waals surface area contributed by atoms with Crippen LogP contribution in [0.2, 0.25) is 10.0 Å². The van der Waals surface area contributed by atoms with E-state index in [-0.39, 0.29) is 6.04 Å². The normalized spacial score (nSPS) is 12.4. The first-order chi connectivity index (χ1) is 9.13. The molecule has 2 aromatic carbocycles. The van der Waals surface area contributed by atoms with Gasteiger partial charge in [-0.05, 0) is 48.4 Å². The van der Waals surface area contributed by atoms with E-state index in [0.29, 0.717) is 0 Å². The van der Waals surface area contributed by atoms with Crippen LogP contribution in [0.4, 0.5) is 0 Å². The van der Waals surface area contributed by atoms with Gasteiger partial charge in [0.25, 0.3) is 0 Å². The lowest BCUT2D eigenvalue weighted by atomic mass is 9.95. The third-order valence-corrected chi connectivity index (χ3v) is 3.89. The van der Waals surface area contributed by atoms with E-state index in [1.807, 2.05) is 24.3 Å². The zero-order valence-electron chi connectivity index (χ0n) is 11.1. The standard InChI is InChI=1S/C16H17Cl2N/c1-3-19-16(12-7-9-13(17)10-8-12)14-5-4-6-15(18)11(14)2/h4-10,16,19H,3H2,1-2H3. The first kappa shape index (κ1) is 14.4. The van der Waals surface area contributed by atoms with E-state index in [9.17, 15) is 0 Å². The van der Waals surface area contributed by atoms with Gasteiger partial charge in [-0.1, -0.05) is 54.4 Å². The van der Waals surface area contributed by atoms with Crippen molar-refractivity contribution in [3.8, 4) is 0 Å². The van der Waals surface area contributed by atoms with Crippen molar-refractivity contribution in [2.45, 2.75) is 19.9 Å². The summed E-state index contributed by atoms with van der Waals surface area (Å²) in [7, 11) is 0. The molecule has 3 heteroatoms. The Morgan fingerprint density at radius 3 is 2.37 bits per heavy atom. The van der Waals surface area contributed by atoms with Crippen molar-refractivity contribution in [2.24, 2.45) is 0 Å². The quantitative estimate of drug-likeness (QED) is 0.836. The van der Waals surface area contributed by atoms with Crippen LogP contribution in [0.25, 0.3) is 0 Å². The summed E-state index contributed by atoms with van der Waals surface area (Å²) in [6.07, 6.45) is 0. The molecular formula is C16H17Cl2N. The maximum Gasteiger partial charge on any atom is 0.0579 e. The molecule has 1 N–H and O–H groups in total. The highest BCUT2D eigenvalue weighted by Crippen LogP contribution is 2.29. The van der Waals surface area contributed by atoms with Gasteiger partial charge in [0.2, 0.25) is 0 Å². The van der Waals surface area contributed by atoms with Gasteiger partial charge < -0.3 is 5.32 Å². The van der Waals surface area contributed by atoms with Gasteiger partial charge in [-0.25, -0.2) is 0 Å². The topological polar surface area (TPSA) is 12.0 Å². The molecule has 0 saturated heterocycles. The van der Waals surface area contributed by atoms with Gasteiger partial charge in [0, 0.05) is 10.0 Å². The maximum absolute atomic E-state index is 6.22. The van der Waals surface area contributed by atoms with Crippen LogP contribution >= 0.6 is 23.2 Å². The summed E-state index contributed by atoms with van der Waals surface area (Å²) in [6.45, 7) is 5.04. The summed E-state index contributed by atoms with van der Waals surface area (Å²) in [5.41, 5.74) is 3.51. The number of hydrogen-bond donors (Lipinski definition) is 1. The molecule has 0 aliphatic heterocycles. The predicted molar refractivity (Wildman–Crippen MR) is 83.2 cm³/mol. The van der Waals surface area contributed by atoms with Crippen molar-refractivity contribution in [3.63, 3.8) is 0 Å². The van der Waals surface area contributed by atoms with Gasteiger partial charge >= 0.3 is 0 Å². The van der Waals surface area contributed by atoms with Crippen LogP contribution in [0, 0.1) is 6.92 Å². The van der Waals surface area contributed by atoms with E-state index in [1.54, 1.807) is 0 Å². The second-order valence-corrected chi connectivity index (χ2v) is 5.34. The van der Waals surface area contributed by atoms with E-state index in [2.05, 4.69) is 37.4 Å². The Kier molecular flexibility index (Phi) is 4.87. The summed E-state index contributed by atoms with van der Waals surface area (Å²) >= 11 is 12.2. The minimum atomic E-state index is 0.140. The Bertz CT molecular complexity index is 549. The first-order valence-corrected chi connectivity index (χ1v) is 7.13. The third kappa shape index (κ3) is 3.30. The van der Waals surface area contributed by atoms with Crippen LogP contribution in [0.5, 0.6) is 0 Å². The Morgan fingerprint density at radius 2 is 1.74 bits per heavy atom. The molecule has 19 heavy (non-hydrogen) atoms. The lowest BCUT2D eigenvalue weighted by Gasteiger charge is -2.21. The van der Waals surface area contributed by atoms with E-state index in [4.69, 9.17) is 23.2 Å². The minimum Gasteiger partial charge on any atom is -0.307 e. The van der Waals surface area contributed by atoms with Crippen LogP contribution in [0.3, 0.4) is 0 Å². The fourth-order valence-corrected chi connectivity index (χ4v) is 2.51. The zero-order valence-corrected chi connectivity index (χ0v) is 12.6. The van der Waals surface area contributed by atoms with Crippen LogP contribution in [-0.2, 0) is 0 Å². The SMILES string of the molecule is CCNC(c1ccc(Cl)cc1)c1cccc(Cl)c1C. The van der Waals surface area contributed by atoms with Gasteiger partial charge in [0.1, 0.15) is 0 Å². The van der Waals surface area contributed by atoms with Gasteiger partial charge in [-0.3, -0.25) is 0 Å². The van der Waals surface area contributed by atoms with E-state index >= 15 is 0 Å². The zero-order chi connectivity index (χ0) is 13.8. The third-order valence-electron chi connectivity index (χ3n) is 3.23. The van der Waals surface area contributed by atoms with Crippen LogP contribution < -0.4 is 5.32 Å². The van der Waals surface area contributed by atoms with Crippen molar-refractivity contribution in [3.05, 3.63) is 69.2 Å². The van der Waals surface area contributed by atoms with Crippen LogP contribution in [-0.4, -0.2) is 6.54 Å². The van der Waals surface area contributed by atoms with E-state index in [1.165, 1.54) is 11.1 Å². The predicted octanol–water partition coefficient (Wildman–Crippen LogP) is 5.00. The van der Waals surface area contributed by atoms with Gasteiger partial charge in [0.15, 0.2) is 0 Å². The Balaban J connectivity index is 2.45. The molecule has 0 saturated carbocycles. The maximum atomic E-state index is 6.22. The van der Waals surface area contributed by atoms with Crippen molar-refractivity contribution in [1.82, 2.24) is 5.32 Å². The molecular weight excluding hydrogens is 277 g/mol. The number of nitrogens with one attached hydrogen (secondary N) is 1. The first-order valence-electron chi connectivity index (χ1n) is 6.37. The van der Waals surface area contributed by atoms with Crippen molar-refractivity contribution in [1.29, 1.82) is 0 Å². The molecule has 0 heterocycles. The molecule has 0 spiro atoms. The van der Waals surface area contributed by atoms with Gasteiger partial charge in [0.05, 0.1) is 6.04 Å². The molecule has 100 valence electrons. The summed E-state index contributed by atoms with van der Waals surface area (Å²) < 4.78 is 0. The fraction of sp³-hybridized carbons (Fsp3) is 0.250. The van der Waals surface area contributed by atoms with Gasteiger partial charge in [-0.15, -0.1) is 0 Å². The Labute approximate surface area is 124 Å². The number of rotatable bonds is 4. The van der Waals surface area contributed by atoms with Crippen molar-refractivity contribution >= 4 is 23.2 Å². The highest BCUT2D eigenvalue weighted by atomic mass is 35.5. The molecule has 1 unspecified atom stereocenters. The number of halogens is 2. The molecule has 2 aromatic rings. The summed E-state index contributed by atoms with van der Waals surface area (Å²) in [4.78, 5) is 0.